The Bertz CT molecular complexity index is 413. The molecule has 4 heteroatoms. The largest absolute Gasteiger partial charge is 0.492 e. The molecule has 2 rings (SSSR count). The highest BCUT2D eigenvalue weighted by atomic mass is 16.5. The van der Waals surface area contributed by atoms with E-state index in [2.05, 4.69) is 0 Å². The third-order valence-electron chi connectivity index (χ3n) is 3.14. The maximum atomic E-state index is 12.3. The van der Waals surface area contributed by atoms with Gasteiger partial charge in [-0.2, -0.15) is 0 Å². The Morgan fingerprint density at radius 3 is 2.94 bits per heavy atom. The minimum atomic E-state index is -0.0234. The van der Waals surface area contributed by atoms with E-state index in [4.69, 9.17) is 9.47 Å². The number of nitrogens with zero attached hydrogens (tertiary/aromatic N) is 1. The summed E-state index contributed by atoms with van der Waals surface area (Å²) >= 11 is 0. The monoisotopic (exact) mass is 249 g/mol. The Morgan fingerprint density at radius 2 is 2.28 bits per heavy atom. The summed E-state index contributed by atoms with van der Waals surface area (Å²) in [5, 5.41) is 0. The minimum absolute atomic E-state index is 0.0234. The molecule has 1 fully saturated rings. The average molecular weight is 249 g/mol. The number of ether oxygens (including phenoxy) is 2. The summed E-state index contributed by atoms with van der Waals surface area (Å²) in [6, 6.07) is 7.60. The first kappa shape index (κ1) is 12.9. The highest BCUT2D eigenvalue weighted by Crippen LogP contribution is 2.29. The van der Waals surface area contributed by atoms with Crippen molar-refractivity contribution in [2.75, 3.05) is 31.8 Å². The van der Waals surface area contributed by atoms with Crippen molar-refractivity contribution in [1.82, 2.24) is 0 Å². The molecular formula is C14H19NO3. The molecule has 1 unspecified atom stereocenters. The molecule has 0 N–H and O–H groups in total. The second-order valence-electron chi connectivity index (χ2n) is 4.36. The van der Waals surface area contributed by atoms with Gasteiger partial charge in [-0.05, 0) is 25.5 Å². The van der Waals surface area contributed by atoms with Crippen molar-refractivity contribution < 1.29 is 14.3 Å². The Kier molecular flexibility index (Phi) is 4.20. The van der Waals surface area contributed by atoms with Crippen molar-refractivity contribution in [2.45, 2.75) is 13.3 Å². The first-order valence-electron chi connectivity index (χ1n) is 6.31. The molecule has 0 spiro atoms. The second-order valence-corrected chi connectivity index (χ2v) is 4.36. The fourth-order valence-electron chi connectivity index (χ4n) is 2.13. The molecule has 1 aromatic carbocycles. The highest BCUT2D eigenvalue weighted by Gasteiger charge is 2.27. The van der Waals surface area contributed by atoms with Crippen LogP contribution >= 0.6 is 0 Å². The SMILES string of the molecule is CCOc1ccccc1N(C)C(=O)C1CCOC1. The van der Waals surface area contributed by atoms with Gasteiger partial charge in [0.05, 0.1) is 24.8 Å². The summed E-state index contributed by atoms with van der Waals surface area (Å²) in [4.78, 5) is 14.0. The molecule has 0 aromatic heterocycles. The summed E-state index contributed by atoms with van der Waals surface area (Å²) in [7, 11) is 1.79. The molecule has 1 aliphatic heterocycles. The zero-order chi connectivity index (χ0) is 13.0. The van der Waals surface area contributed by atoms with Gasteiger partial charge < -0.3 is 14.4 Å². The number of anilines is 1. The lowest BCUT2D eigenvalue weighted by molar-refractivity contribution is -0.122. The minimum Gasteiger partial charge on any atom is -0.492 e. The predicted octanol–water partition coefficient (Wildman–Crippen LogP) is 2.08. The van der Waals surface area contributed by atoms with Crippen LogP contribution in [-0.4, -0.2) is 32.8 Å². The van der Waals surface area contributed by atoms with Gasteiger partial charge in [0.2, 0.25) is 5.91 Å². The molecule has 1 heterocycles. The fourth-order valence-corrected chi connectivity index (χ4v) is 2.13. The van der Waals surface area contributed by atoms with Gasteiger partial charge in [0.1, 0.15) is 5.75 Å². The molecule has 4 nitrogen and oxygen atoms in total. The van der Waals surface area contributed by atoms with Crippen LogP contribution in [0.15, 0.2) is 24.3 Å². The van der Waals surface area contributed by atoms with Crippen LogP contribution in [0.1, 0.15) is 13.3 Å². The molecular weight excluding hydrogens is 230 g/mol. The topological polar surface area (TPSA) is 38.8 Å². The normalized spacial score (nSPS) is 18.7. The fraction of sp³-hybridized carbons (Fsp3) is 0.500. The summed E-state index contributed by atoms with van der Waals surface area (Å²) < 4.78 is 10.8. The van der Waals surface area contributed by atoms with E-state index >= 15 is 0 Å². The Hall–Kier alpha value is -1.55. The molecule has 1 amide bonds. The van der Waals surface area contributed by atoms with Crippen LogP contribution in [0.2, 0.25) is 0 Å². The number of para-hydroxylation sites is 2. The van der Waals surface area contributed by atoms with Gasteiger partial charge in [0.15, 0.2) is 0 Å². The van der Waals surface area contributed by atoms with Crippen molar-refractivity contribution in [3.63, 3.8) is 0 Å². The molecule has 1 aromatic rings. The molecule has 0 aliphatic carbocycles. The van der Waals surface area contributed by atoms with Gasteiger partial charge in [-0.1, -0.05) is 12.1 Å². The lowest BCUT2D eigenvalue weighted by Crippen LogP contribution is -2.33. The smallest absolute Gasteiger partial charge is 0.232 e. The average Bonchev–Trinajstić information content (AvgIpc) is 2.92. The molecule has 0 bridgehead atoms. The van der Waals surface area contributed by atoms with E-state index < -0.39 is 0 Å². The van der Waals surface area contributed by atoms with E-state index in [1.165, 1.54) is 0 Å². The third kappa shape index (κ3) is 2.64. The standard InChI is InChI=1S/C14H19NO3/c1-3-18-13-7-5-4-6-12(13)15(2)14(16)11-8-9-17-10-11/h4-7,11H,3,8-10H2,1-2H3. The summed E-state index contributed by atoms with van der Waals surface area (Å²) in [6.45, 7) is 3.73. The van der Waals surface area contributed by atoms with Crippen molar-refractivity contribution in [1.29, 1.82) is 0 Å². The van der Waals surface area contributed by atoms with Crippen LogP contribution in [0, 0.1) is 5.92 Å². The number of hydrogen-bond donors (Lipinski definition) is 0. The van der Waals surface area contributed by atoms with Gasteiger partial charge >= 0.3 is 0 Å². The van der Waals surface area contributed by atoms with E-state index in [1.807, 2.05) is 31.2 Å². The van der Waals surface area contributed by atoms with Gasteiger partial charge in [-0.3, -0.25) is 4.79 Å². The second kappa shape index (κ2) is 5.87. The van der Waals surface area contributed by atoms with E-state index in [0.29, 0.717) is 19.8 Å². The molecule has 18 heavy (non-hydrogen) atoms. The first-order chi connectivity index (χ1) is 8.74. The van der Waals surface area contributed by atoms with Gasteiger partial charge in [-0.15, -0.1) is 0 Å². The summed E-state index contributed by atoms with van der Waals surface area (Å²) in [5.74, 6) is 0.819. The van der Waals surface area contributed by atoms with Gasteiger partial charge in [0, 0.05) is 13.7 Å². The Morgan fingerprint density at radius 1 is 1.50 bits per heavy atom. The van der Waals surface area contributed by atoms with E-state index in [-0.39, 0.29) is 11.8 Å². The van der Waals surface area contributed by atoms with Crippen molar-refractivity contribution >= 4 is 11.6 Å². The van der Waals surface area contributed by atoms with Crippen LogP contribution in [0.3, 0.4) is 0 Å². The number of carbonyl (C=O) groups excluding carboxylic acids is 1. The Labute approximate surface area is 107 Å². The van der Waals surface area contributed by atoms with Crippen molar-refractivity contribution in [3.05, 3.63) is 24.3 Å². The van der Waals surface area contributed by atoms with Gasteiger partial charge in [-0.25, -0.2) is 0 Å². The van der Waals surface area contributed by atoms with Crippen molar-refractivity contribution in [2.24, 2.45) is 5.92 Å². The Balaban J connectivity index is 2.16. The number of carbonyl (C=O) groups is 1. The van der Waals surface area contributed by atoms with E-state index in [9.17, 15) is 4.79 Å². The van der Waals surface area contributed by atoms with Gasteiger partial charge in [0.25, 0.3) is 0 Å². The maximum absolute atomic E-state index is 12.3. The molecule has 98 valence electrons. The quantitative estimate of drug-likeness (QED) is 0.820. The van der Waals surface area contributed by atoms with Crippen LogP contribution in [0.4, 0.5) is 5.69 Å². The number of amides is 1. The molecule has 0 saturated carbocycles. The number of benzene rings is 1. The van der Waals surface area contributed by atoms with Crippen LogP contribution in [0.25, 0.3) is 0 Å². The number of hydrogen-bond acceptors (Lipinski definition) is 3. The van der Waals surface area contributed by atoms with Crippen LogP contribution in [-0.2, 0) is 9.53 Å². The molecule has 1 atom stereocenters. The van der Waals surface area contributed by atoms with E-state index in [0.717, 1.165) is 17.9 Å². The predicted molar refractivity (Wildman–Crippen MR) is 69.9 cm³/mol. The highest BCUT2D eigenvalue weighted by molar-refractivity contribution is 5.96. The number of rotatable bonds is 4. The lowest BCUT2D eigenvalue weighted by Gasteiger charge is -2.22. The van der Waals surface area contributed by atoms with Crippen molar-refractivity contribution in [3.8, 4) is 5.75 Å². The molecule has 0 radical (unpaired) electrons. The maximum Gasteiger partial charge on any atom is 0.232 e. The molecule has 1 aliphatic rings. The lowest BCUT2D eigenvalue weighted by atomic mass is 10.1. The summed E-state index contributed by atoms with van der Waals surface area (Å²) in [5.41, 5.74) is 0.816. The van der Waals surface area contributed by atoms with E-state index in [1.54, 1.807) is 11.9 Å². The third-order valence-corrected chi connectivity index (χ3v) is 3.14. The van der Waals surface area contributed by atoms with Crippen LogP contribution < -0.4 is 9.64 Å². The zero-order valence-electron chi connectivity index (χ0n) is 10.9. The zero-order valence-corrected chi connectivity index (χ0v) is 10.9. The first-order valence-corrected chi connectivity index (χ1v) is 6.31. The molecule has 1 saturated heterocycles. The summed E-state index contributed by atoms with van der Waals surface area (Å²) in [6.07, 6.45) is 0.806. The van der Waals surface area contributed by atoms with Crippen LogP contribution in [0.5, 0.6) is 5.75 Å².